The van der Waals surface area contributed by atoms with Crippen molar-refractivity contribution in [3.8, 4) is 11.5 Å². The van der Waals surface area contributed by atoms with Gasteiger partial charge in [-0.3, -0.25) is 0 Å². The lowest BCUT2D eigenvalue weighted by molar-refractivity contribution is 0.174. The summed E-state index contributed by atoms with van der Waals surface area (Å²) in [5, 5.41) is 11.0. The van der Waals surface area contributed by atoms with Crippen molar-refractivity contribution in [2.75, 3.05) is 17.8 Å². The quantitative estimate of drug-likeness (QED) is 0.711. The minimum absolute atomic E-state index is 0.273. The van der Waals surface area contributed by atoms with Crippen molar-refractivity contribution in [1.29, 1.82) is 0 Å². The van der Waals surface area contributed by atoms with Gasteiger partial charge in [0.1, 0.15) is 0 Å². The van der Waals surface area contributed by atoms with Crippen molar-refractivity contribution >= 4 is 22.4 Å². The molecular weight excluding hydrogens is 272 g/mol. The molecule has 106 valence electrons. The summed E-state index contributed by atoms with van der Waals surface area (Å²) in [7, 11) is 0. The van der Waals surface area contributed by atoms with E-state index < -0.39 is 0 Å². The fourth-order valence-electron chi connectivity index (χ4n) is 2.28. The summed E-state index contributed by atoms with van der Waals surface area (Å²) in [5.74, 6) is 1.54. The molecule has 7 heteroatoms. The Labute approximate surface area is 119 Å². The van der Waals surface area contributed by atoms with Gasteiger partial charge in [0.05, 0.1) is 11.4 Å². The van der Waals surface area contributed by atoms with Crippen molar-refractivity contribution in [3.63, 3.8) is 0 Å². The third-order valence-corrected chi connectivity index (χ3v) is 3.37. The average molecular weight is 284 g/mol. The first-order chi connectivity index (χ1) is 10.3. The zero-order chi connectivity index (χ0) is 14.2. The fourth-order valence-corrected chi connectivity index (χ4v) is 2.28. The van der Waals surface area contributed by atoms with Gasteiger partial charge in [-0.05, 0) is 40.1 Å². The van der Waals surface area contributed by atoms with Gasteiger partial charge in [-0.2, -0.15) is 0 Å². The number of nitrogens with one attached hydrogen (secondary N) is 1. The van der Waals surface area contributed by atoms with Crippen LogP contribution >= 0.6 is 0 Å². The minimum atomic E-state index is 0.273. The van der Waals surface area contributed by atoms with Crippen LogP contribution < -0.4 is 20.5 Å². The van der Waals surface area contributed by atoms with Crippen LogP contribution in [0.3, 0.4) is 0 Å². The molecule has 2 aromatic carbocycles. The molecule has 0 fully saturated rings. The van der Waals surface area contributed by atoms with Crippen LogP contribution in [-0.2, 0) is 6.54 Å². The highest BCUT2D eigenvalue weighted by Gasteiger charge is 2.14. The van der Waals surface area contributed by atoms with Crippen molar-refractivity contribution in [2.45, 2.75) is 6.54 Å². The molecule has 1 aliphatic rings. The topological polar surface area (TPSA) is 95.4 Å². The molecule has 21 heavy (non-hydrogen) atoms. The number of aromatic nitrogens is 2. The molecule has 1 aromatic heterocycles. The molecule has 0 atom stereocenters. The maximum absolute atomic E-state index is 5.82. The fraction of sp³-hybridized carbons (Fsp3) is 0.143. The second-order valence-electron chi connectivity index (χ2n) is 4.70. The number of rotatable bonds is 3. The van der Waals surface area contributed by atoms with Gasteiger partial charge in [-0.15, -0.1) is 0 Å². The van der Waals surface area contributed by atoms with Crippen LogP contribution in [0.25, 0.3) is 11.0 Å². The SMILES string of the molecule is Nc1ccc(NCc2ccc3c(c2)OCO3)c2nonc12. The number of benzene rings is 2. The molecular formula is C14H12N4O3. The predicted octanol–water partition coefficient (Wildman–Crippen LogP) is 2.15. The maximum atomic E-state index is 5.82. The summed E-state index contributed by atoms with van der Waals surface area (Å²) in [6.45, 7) is 0.887. The van der Waals surface area contributed by atoms with Gasteiger partial charge in [0.25, 0.3) is 0 Å². The smallest absolute Gasteiger partial charge is 0.231 e. The lowest BCUT2D eigenvalue weighted by Crippen LogP contribution is -2.00. The van der Waals surface area contributed by atoms with Gasteiger partial charge >= 0.3 is 0 Å². The highest BCUT2D eigenvalue weighted by Crippen LogP contribution is 2.33. The van der Waals surface area contributed by atoms with E-state index in [1.165, 1.54) is 0 Å². The van der Waals surface area contributed by atoms with E-state index in [0.29, 0.717) is 23.3 Å². The Morgan fingerprint density at radius 3 is 2.86 bits per heavy atom. The van der Waals surface area contributed by atoms with Crippen LogP contribution in [0.4, 0.5) is 11.4 Å². The second kappa shape index (κ2) is 4.55. The number of anilines is 2. The molecule has 0 unspecified atom stereocenters. The number of fused-ring (bicyclic) bond motifs is 2. The lowest BCUT2D eigenvalue weighted by Gasteiger charge is -2.08. The number of ether oxygens (including phenoxy) is 2. The first-order valence-electron chi connectivity index (χ1n) is 6.44. The van der Waals surface area contributed by atoms with E-state index >= 15 is 0 Å². The van der Waals surface area contributed by atoms with Gasteiger partial charge in [-0.25, -0.2) is 4.63 Å². The van der Waals surface area contributed by atoms with Crippen molar-refractivity contribution in [3.05, 3.63) is 35.9 Å². The summed E-state index contributed by atoms with van der Waals surface area (Å²) in [6.07, 6.45) is 0. The molecule has 0 saturated carbocycles. The van der Waals surface area contributed by atoms with Gasteiger partial charge in [0, 0.05) is 6.54 Å². The highest BCUT2D eigenvalue weighted by atomic mass is 16.7. The van der Waals surface area contributed by atoms with Crippen molar-refractivity contribution in [1.82, 2.24) is 10.3 Å². The Morgan fingerprint density at radius 2 is 1.90 bits per heavy atom. The van der Waals surface area contributed by atoms with E-state index in [2.05, 4.69) is 15.6 Å². The summed E-state index contributed by atoms with van der Waals surface area (Å²) in [4.78, 5) is 0. The van der Waals surface area contributed by atoms with Crippen LogP contribution in [0, 0.1) is 0 Å². The number of hydrogen-bond donors (Lipinski definition) is 2. The first-order valence-corrected chi connectivity index (χ1v) is 6.44. The Hall–Kier alpha value is -2.96. The molecule has 4 rings (SSSR count). The van der Waals surface area contributed by atoms with E-state index in [-0.39, 0.29) is 6.79 Å². The maximum Gasteiger partial charge on any atom is 0.231 e. The molecule has 0 radical (unpaired) electrons. The van der Waals surface area contributed by atoms with Crippen LogP contribution in [-0.4, -0.2) is 17.1 Å². The molecule has 0 bridgehead atoms. The molecule has 3 aromatic rings. The monoisotopic (exact) mass is 284 g/mol. The Balaban J connectivity index is 1.58. The Kier molecular flexibility index (Phi) is 2.56. The average Bonchev–Trinajstić information content (AvgIpc) is 3.15. The van der Waals surface area contributed by atoms with Gasteiger partial charge in [0.15, 0.2) is 22.5 Å². The van der Waals surface area contributed by atoms with E-state index in [1.54, 1.807) is 6.07 Å². The van der Waals surface area contributed by atoms with Gasteiger partial charge in [-0.1, -0.05) is 6.07 Å². The van der Waals surface area contributed by atoms with Gasteiger partial charge in [0.2, 0.25) is 6.79 Å². The third kappa shape index (κ3) is 1.99. The highest BCUT2D eigenvalue weighted by molar-refractivity contribution is 5.94. The van der Waals surface area contributed by atoms with Crippen molar-refractivity contribution in [2.24, 2.45) is 0 Å². The molecule has 3 N–H and O–H groups in total. The third-order valence-electron chi connectivity index (χ3n) is 3.37. The minimum Gasteiger partial charge on any atom is -0.454 e. The lowest BCUT2D eigenvalue weighted by atomic mass is 10.2. The Bertz CT molecular complexity index is 815. The Morgan fingerprint density at radius 1 is 1.05 bits per heavy atom. The van der Waals surface area contributed by atoms with E-state index in [0.717, 1.165) is 22.7 Å². The molecule has 0 spiro atoms. The summed E-state index contributed by atoms with van der Waals surface area (Å²) in [6, 6.07) is 9.46. The van der Waals surface area contributed by atoms with Crippen LogP contribution in [0.2, 0.25) is 0 Å². The summed E-state index contributed by atoms with van der Waals surface area (Å²) in [5.41, 5.74) is 9.43. The standard InChI is InChI=1S/C14H12N4O3/c15-9-2-3-10(14-13(9)17-21-18-14)16-6-8-1-4-11-12(5-8)20-7-19-11/h1-5,16H,6-7,15H2. The van der Waals surface area contributed by atoms with E-state index in [9.17, 15) is 0 Å². The summed E-state index contributed by atoms with van der Waals surface area (Å²) >= 11 is 0. The predicted molar refractivity (Wildman–Crippen MR) is 76.1 cm³/mol. The molecule has 2 heterocycles. The van der Waals surface area contributed by atoms with Crippen LogP contribution in [0.5, 0.6) is 11.5 Å². The zero-order valence-corrected chi connectivity index (χ0v) is 11.0. The molecule has 7 nitrogen and oxygen atoms in total. The van der Waals surface area contributed by atoms with Gasteiger partial charge < -0.3 is 20.5 Å². The van der Waals surface area contributed by atoms with Crippen LogP contribution in [0.15, 0.2) is 35.0 Å². The number of nitrogen functional groups attached to an aromatic ring is 1. The molecule has 0 saturated heterocycles. The first kappa shape index (κ1) is 11.8. The molecule has 0 aliphatic carbocycles. The number of nitrogens with zero attached hydrogens (tertiary/aromatic N) is 2. The number of hydrogen-bond acceptors (Lipinski definition) is 7. The zero-order valence-electron chi connectivity index (χ0n) is 11.0. The van der Waals surface area contributed by atoms with Crippen molar-refractivity contribution < 1.29 is 14.1 Å². The second-order valence-corrected chi connectivity index (χ2v) is 4.70. The normalized spacial score (nSPS) is 12.8. The molecule has 1 aliphatic heterocycles. The van der Waals surface area contributed by atoms with E-state index in [1.807, 2.05) is 24.3 Å². The largest absolute Gasteiger partial charge is 0.454 e. The molecule has 0 amide bonds. The summed E-state index contributed by atoms with van der Waals surface area (Å²) < 4.78 is 15.4. The van der Waals surface area contributed by atoms with Crippen LogP contribution in [0.1, 0.15) is 5.56 Å². The van der Waals surface area contributed by atoms with E-state index in [4.69, 9.17) is 19.8 Å². The number of nitrogens with two attached hydrogens (primary N) is 1.